The first-order chi connectivity index (χ1) is 15.7. The van der Waals surface area contributed by atoms with Gasteiger partial charge in [0.1, 0.15) is 11.4 Å². The Bertz CT molecular complexity index is 1180. The van der Waals surface area contributed by atoms with Crippen LogP contribution in [0.15, 0.2) is 60.7 Å². The van der Waals surface area contributed by atoms with Gasteiger partial charge in [0.25, 0.3) is 0 Å². The Morgan fingerprint density at radius 1 is 0.750 bits per heavy atom. The number of likely N-dealkylation sites (N-methyl/N-ethyl adjacent to an activating group) is 1. The van der Waals surface area contributed by atoms with E-state index >= 15 is 0 Å². The predicted molar refractivity (Wildman–Crippen MR) is 130 cm³/mol. The highest BCUT2D eigenvalue weighted by atomic mass is 35.5. The van der Waals surface area contributed by atoms with Crippen molar-refractivity contribution in [2.45, 2.75) is 13.5 Å². The minimum Gasteiger partial charge on any atom is -0.301 e. The van der Waals surface area contributed by atoms with Crippen molar-refractivity contribution in [1.29, 1.82) is 0 Å². The van der Waals surface area contributed by atoms with Crippen LogP contribution in [0.2, 0.25) is 5.02 Å². The summed E-state index contributed by atoms with van der Waals surface area (Å²) in [5, 5.41) is 15.5. The van der Waals surface area contributed by atoms with E-state index < -0.39 is 0 Å². The second-order valence-corrected chi connectivity index (χ2v) is 8.52. The van der Waals surface area contributed by atoms with E-state index in [0.717, 1.165) is 73.7 Å². The summed E-state index contributed by atoms with van der Waals surface area (Å²) < 4.78 is 1.97. The van der Waals surface area contributed by atoms with E-state index in [9.17, 15) is 0 Å². The SMILES string of the molecule is CCN1CCN(CCn2nc(-c3ccccc3)c3c(Cl)c(-c4ccccc4)nnc32)CC1. The summed E-state index contributed by atoms with van der Waals surface area (Å²) in [4.78, 5) is 4.99. The second-order valence-electron chi connectivity index (χ2n) is 8.14. The average molecular weight is 447 g/mol. The molecular formula is C25H27ClN6. The molecule has 3 heterocycles. The van der Waals surface area contributed by atoms with Gasteiger partial charge < -0.3 is 4.90 Å². The van der Waals surface area contributed by atoms with Gasteiger partial charge in [0, 0.05) is 43.9 Å². The zero-order valence-electron chi connectivity index (χ0n) is 18.3. The van der Waals surface area contributed by atoms with Gasteiger partial charge in [-0.1, -0.05) is 79.2 Å². The first-order valence-corrected chi connectivity index (χ1v) is 11.6. The van der Waals surface area contributed by atoms with Crippen LogP contribution in [0.3, 0.4) is 0 Å². The van der Waals surface area contributed by atoms with Gasteiger partial charge in [-0.25, -0.2) is 4.68 Å². The third kappa shape index (κ3) is 4.13. The average Bonchev–Trinajstić information content (AvgIpc) is 3.24. The molecule has 7 heteroatoms. The Balaban J connectivity index is 1.52. The molecule has 0 radical (unpaired) electrons. The van der Waals surface area contributed by atoms with Crippen LogP contribution in [-0.4, -0.2) is 69.0 Å². The first-order valence-electron chi connectivity index (χ1n) is 11.2. The standard InChI is InChI=1S/C25H27ClN6/c1-2-30-13-15-31(16-14-30)17-18-32-25-21(23(29-32)19-9-5-3-6-10-19)22(26)24(27-28-25)20-11-7-4-8-12-20/h3-12H,2,13-18H2,1H3. The molecule has 0 atom stereocenters. The molecule has 5 rings (SSSR count). The predicted octanol–water partition coefficient (Wildman–Crippen LogP) is 4.45. The number of fused-ring (bicyclic) bond motifs is 1. The van der Waals surface area contributed by atoms with Gasteiger partial charge in [0.15, 0.2) is 5.65 Å². The van der Waals surface area contributed by atoms with Crippen molar-refractivity contribution in [2.75, 3.05) is 39.3 Å². The van der Waals surface area contributed by atoms with E-state index in [1.54, 1.807) is 0 Å². The monoisotopic (exact) mass is 446 g/mol. The largest absolute Gasteiger partial charge is 0.301 e. The Hall–Kier alpha value is -2.80. The highest BCUT2D eigenvalue weighted by Gasteiger charge is 2.22. The first kappa shape index (κ1) is 21.1. The second kappa shape index (κ2) is 9.36. The Morgan fingerprint density at radius 3 is 1.97 bits per heavy atom. The van der Waals surface area contributed by atoms with Gasteiger partial charge in [0.2, 0.25) is 0 Å². The summed E-state index contributed by atoms with van der Waals surface area (Å²) in [6.45, 7) is 9.45. The molecule has 0 N–H and O–H groups in total. The van der Waals surface area contributed by atoms with Gasteiger partial charge in [-0.2, -0.15) is 5.10 Å². The van der Waals surface area contributed by atoms with E-state index in [0.29, 0.717) is 10.7 Å². The van der Waals surface area contributed by atoms with Crippen molar-refractivity contribution in [3.63, 3.8) is 0 Å². The lowest BCUT2D eigenvalue weighted by atomic mass is 10.1. The Labute approximate surface area is 193 Å². The van der Waals surface area contributed by atoms with Crippen molar-refractivity contribution in [1.82, 2.24) is 29.8 Å². The molecule has 0 bridgehead atoms. The fourth-order valence-electron chi connectivity index (χ4n) is 4.32. The van der Waals surface area contributed by atoms with Gasteiger partial charge in [-0.05, 0) is 6.54 Å². The van der Waals surface area contributed by atoms with Gasteiger partial charge in [-0.15, -0.1) is 10.2 Å². The molecule has 0 unspecified atom stereocenters. The van der Waals surface area contributed by atoms with Crippen molar-refractivity contribution in [3.8, 4) is 22.5 Å². The molecule has 2 aromatic heterocycles. The number of nitrogens with zero attached hydrogens (tertiary/aromatic N) is 6. The van der Waals surface area contributed by atoms with E-state index in [1.165, 1.54) is 0 Å². The lowest BCUT2D eigenvalue weighted by molar-refractivity contribution is 0.133. The number of rotatable bonds is 6. The van der Waals surface area contributed by atoms with Gasteiger partial charge in [-0.3, -0.25) is 4.90 Å². The third-order valence-corrected chi connectivity index (χ3v) is 6.60. The van der Waals surface area contributed by atoms with E-state index in [1.807, 2.05) is 53.2 Å². The number of hydrogen-bond acceptors (Lipinski definition) is 5. The summed E-state index contributed by atoms with van der Waals surface area (Å²) >= 11 is 6.95. The summed E-state index contributed by atoms with van der Waals surface area (Å²) in [6, 6.07) is 20.1. The summed E-state index contributed by atoms with van der Waals surface area (Å²) in [5.74, 6) is 0. The molecule has 164 valence electrons. The van der Waals surface area contributed by atoms with Crippen LogP contribution in [0.4, 0.5) is 0 Å². The van der Waals surface area contributed by atoms with Crippen LogP contribution in [0, 0.1) is 0 Å². The van der Waals surface area contributed by atoms with Crippen LogP contribution in [0.1, 0.15) is 6.92 Å². The molecule has 1 fully saturated rings. The Kier molecular flexibility index (Phi) is 6.17. The summed E-state index contributed by atoms with van der Waals surface area (Å²) in [5.41, 5.74) is 4.26. The van der Waals surface area contributed by atoms with Crippen molar-refractivity contribution >= 4 is 22.6 Å². The third-order valence-electron chi connectivity index (χ3n) is 6.23. The lowest BCUT2D eigenvalue weighted by Crippen LogP contribution is -2.46. The molecule has 6 nitrogen and oxygen atoms in total. The maximum Gasteiger partial charge on any atom is 0.182 e. The maximum absolute atomic E-state index is 6.95. The maximum atomic E-state index is 6.95. The number of halogens is 1. The molecular weight excluding hydrogens is 420 g/mol. The molecule has 0 aliphatic carbocycles. The fourth-order valence-corrected chi connectivity index (χ4v) is 4.64. The molecule has 4 aromatic rings. The van der Waals surface area contributed by atoms with Crippen LogP contribution in [0.5, 0.6) is 0 Å². The summed E-state index contributed by atoms with van der Waals surface area (Å²) in [7, 11) is 0. The molecule has 2 aromatic carbocycles. The molecule has 32 heavy (non-hydrogen) atoms. The quantitative estimate of drug-likeness (QED) is 0.438. The normalized spacial score (nSPS) is 15.4. The van der Waals surface area contributed by atoms with Crippen LogP contribution in [-0.2, 0) is 6.54 Å². The molecule has 1 aliphatic heterocycles. The van der Waals surface area contributed by atoms with Crippen molar-refractivity contribution in [2.24, 2.45) is 0 Å². The van der Waals surface area contributed by atoms with Crippen molar-refractivity contribution in [3.05, 3.63) is 65.7 Å². The molecule has 0 spiro atoms. The van der Waals surface area contributed by atoms with Crippen LogP contribution >= 0.6 is 11.6 Å². The summed E-state index contributed by atoms with van der Waals surface area (Å²) in [6.07, 6.45) is 0. The number of aromatic nitrogens is 4. The highest BCUT2D eigenvalue weighted by Crippen LogP contribution is 2.37. The smallest absolute Gasteiger partial charge is 0.182 e. The van der Waals surface area contributed by atoms with E-state index in [-0.39, 0.29) is 0 Å². The molecule has 1 aliphatic rings. The topological polar surface area (TPSA) is 50.1 Å². The number of hydrogen-bond donors (Lipinski definition) is 0. The van der Waals surface area contributed by atoms with Crippen LogP contribution in [0.25, 0.3) is 33.5 Å². The van der Waals surface area contributed by atoms with E-state index in [4.69, 9.17) is 16.7 Å². The lowest BCUT2D eigenvalue weighted by Gasteiger charge is -2.33. The Morgan fingerprint density at radius 2 is 1.34 bits per heavy atom. The molecule has 1 saturated heterocycles. The zero-order chi connectivity index (χ0) is 21.9. The van der Waals surface area contributed by atoms with Gasteiger partial charge >= 0.3 is 0 Å². The minimum atomic E-state index is 0.600. The number of benzene rings is 2. The molecule has 0 saturated carbocycles. The zero-order valence-corrected chi connectivity index (χ0v) is 19.0. The van der Waals surface area contributed by atoms with E-state index in [2.05, 4.69) is 39.1 Å². The van der Waals surface area contributed by atoms with Gasteiger partial charge in [0.05, 0.1) is 17.0 Å². The molecule has 0 amide bonds. The number of piperazine rings is 1. The fraction of sp³-hybridized carbons (Fsp3) is 0.320. The van der Waals surface area contributed by atoms with Crippen LogP contribution < -0.4 is 0 Å². The van der Waals surface area contributed by atoms with Crippen molar-refractivity contribution < 1.29 is 0 Å². The minimum absolute atomic E-state index is 0.600. The highest BCUT2D eigenvalue weighted by molar-refractivity contribution is 6.38.